The van der Waals surface area contributed by atoms with Crippen LogP contribution in [0.3, 0.4) is 0 Å². The van der Waals surface area contributed by atoms with E-state index in [1.165, 1.54) is 12.1 Å². The van der Waals surface area contributed by atoms with Gasteiger partial charge in [-0.25, -0.2) is 0 Å². The van der Waals surface area contributed by atoms with Gasteiger partial charge in [-0.1, -0.05) is 24.3 Å². The number of hydrogen-bond donors (Lipinski definition) is 6. The Labute approximate surface area is 244 Å². The average Bonchev–Trinajstić information content (AvgIpc) is 3.64. The molecule has 0 aliphatic carbocycles. The van der Waals surface area contributed by atoms with Gasteiger partial charge in [0.1, 0.15) is 23.2 Å². The zero-order valence-electron chi connectivity index (χ0n) is 23.2. The molecule has 0 saturated carbocycles. The molecule has 2 heterocycles. The topological polar surface area (TPSA) is 113 Å². The standard InChI is InChI=1S/C33H27F3N6O/c1-39-31(37)21-5-3-19-13-27(41-28(19)15-21)18-7-9-23(10-8-18)43-24-11-12-25(26(17-24)33(34,35)36)30-14-20-4-6-22(32(38)40-2)16-29(20)42-30/h3-17,41-42H,1-2H3,(H2,37,39)(H2,38,40). The van der Waals surface area contributed by atoms with E-state index in [4.69, 9.17) is 15.6 Å². The second kappa shape index (κ2) is 10.7. The van der Waals surface area contributed by atoms with Crippen molar-refractivity contribution >= 4 is 33.5 Å². The lowest BCUT2D eigenvalue weighted by Gasteiger charge is -2.14. The lowest BCUT2D eigenvalue weighted by molar-refractivity contribution is -0.137. The van der Waals surface area contributed by atoms with Crippen LogP contribution >= 0.6 is 0 Å². The van der Waals surface area contributed by atoms with Crippen LogP contribution < -0.4 is 15.4 Å². The number of amidine groups is 2. The third kappa shape index (κ3) is 5.42. The fourth-order valence-corrected chi connectivity index (χ4v) is 5.05. The number of alkyl halides is 3. The van der Waals surface area contributed by atoms with E-state index in [1.54, 1.807) is 50.5 Å². The molecule has 7 nitrogen and oxygen atoms in total. The van der Waals surface area contributed by atoms with Crippen LogP contribution in [0.5, 0.6) is 11.5 Å². The predicted octanol–water partition coefficient (Wildman–Crippen LogP) is 7.88. The predicted molar refractivity (Wildman–Crippen MR) is 164 cm³/mol. The Kier molecular flexibility index (Phi) is 6.89. The number of H-pyrrole nitrogens is 2. The minimum atomic E-state index is -4.61. The van der Waals surface area contributed by atoms with Gasteiger partial charge in [-0.15, -0.1) is 0 Å². The molecular weight excluding hydrogens is 553 g/mol. The van der Waals surface area contributed by atoms with Gasteiger partial charge in [-0.05, 0) is 72.3 Å². The molecule has 6 aromatic rings. The van der Waals surface area contributed by atoms with Crippen molar-refractivity contribution in [3.8, 4) is 34.0 Å². The first-order valence-electron chi connectivity index (χ1n) is 13.4. The molecule has 2 aromatic heterocycles. The maximum absolute atomic E-state index is 14.2. The molecule has 0 radical (unpaired) electrons. The van der Waals surface area contributed by atoms with Crippen molar-refractivity contribution in [2.24, 2.45) is 0 Å². The molecule has 0 saturated heterocycles. The molecular formula is C33H27F3N6O. The van der Waals surface area contributed by atoms with Crippen molar-refractivity contribution in [1.29, 1.82) is 10.8 Å². The van der Waals surface area contributed by atoms with E-state index in [0.29, 0.717) is 28.4 Å². The minimum absolute atomic E-state index is 0.00321. The van der Waals surface area contributed by atoms with Gasteiger partial charge in [-0.2, -0.15) is 13.2 Å². The number of fused-ring (bicyclic) bond motifs is 2. The first-order valence-corrected chi connectivity index (χ1v) is 13.4. The summed E-state index contributed by atoms with van der Waals surface area (Å²) in [6.45, 7) is 0. The van der Waals surface area contributed by atoms with Gasteiger partial charge in [-0.3, -0.25) is 10.8 Å². The highest BCUT2D eigenvalue weighted by Gasteiger charge is 2.34. The summed E-state index contributed by atoms with van der Waals surface area (Å²) in [4.78, 5) is 6.43. The number of benzene rings is 4. The summed E-state index contributed by atoms with van der Waals surface area (Å²) in [6.07, 6.45) is -4.61. The zero-order chi connectivity index (χ0) is 30.3. The molecule has 216 valence electrons. The second-order valence-electron chi connectivity index (χ2n) is 10.1. The average molecular weight is 581 g/mol. The first-order chi connectivity index (χ1) is 20.6. The first kappa shape index (κ1) is 27.6. The number of aromatic amines is 2. The Hall–Kier alpha value is -5.51. The number of hydrogen-bond acceptors (Lipinski definition) is 3. The van der Waals surface area contributed by atoms with Crippen LogP contribution in [0, 0.1) is 10.8 Å². The Bertz CT molecular complexity index is 2000. The summed E-state index contributed by atoms with van der Waals surface area (Å²) >= 11 is 0. The maximum Gasteiger partial charge on any atom is 0.417 e. The van der Waals surface area contributed by atoms with E-state index < -0.39 is 11.7 Å². The smallest absolute Gasteiger partial charge is 0.417 e. The quantitative estimate of drug-likeness (QED) is 0.0890. The molecule has 0 amide bonds. The van der Waals surface area contributed by atoms with Crippen molar-refractivity contribution in [3.63, 3.8) is 0 Å². The largest absolute Gasteiger partial charge is 0.457 e. The molecule has 4 aromatic carbocycles. The lowest BCUT2D eigenvalue weighted by Crippen LogP contribution is -2.17. The molecule has 0 bridgehead atoms. The summed E-state index contributed by atoms with van der Waals surface area (Å²) in [5.74, 6) is 1.000. The van der Waals surface area contributed by atoms with Crippen molar-refractivity contribution in [1.82, 2.24) is 20.6 Å². The van der Waals surface area contributed by atoms with Gasteiger partial charge in [0.25, 0.3) is 0 Å². The number of nitrogens with one attached hydrogen (secondary N) is 6. The van der Waals surface area contributed by atoms with Crippen LogP contribution in [-0.2, 0) is 6.18 Å². The molecule has 10 heteroatoms. The summed E-state index contributed by atoms with van der Waals surface area (Å²) in [7, 11) is 3.34. The van der Waals surface area contributed by atoms with E-state index in [-0.39, 0.29) is 17.1 Å². The molecule has 0 aliphatic heterocycles. The zero-order valence-corrected chi connectivity index (χ0v) is 23.2. The number of halogens is 3. The fourth-order valence-electron chi connectivity index (χ4n) is 5.05. The lowest BCUT2D eigenvalue weighted by atomic mass is 10.0. The summed E-state index contributed by atoms with van der Waals surface area (Å²) in [5, 5.41) is 23.3. The maximum atomic E-state index is 14.2. The Morgan fingerprint density at radius 1 is 0.651 bits per heavy atom. The molecule has 6 rings (SSSR count). The van der Waals surface area contributed by atoms with E-state index in [2.05, 4.69) is 20.6 Å². The van der Waals surface area contributed by atoms with E-state index in [1.807, 2.05) is 36.4 Å². The minimum Gasteiger partial charge on any atom is -0.457 e. The Morgan fingerprint density at radius 3 is 1.74 bits per heavy atom. The molecule has 0 atom stereocenters. The molecule has 6 N–H and O–H groups in total. The van der Waals surface area contributed by atoms with Gasteiger partial charge in [0, 0.05) is 64.0 Å². The van der Waals surface area contributed by atoms with Crippen LogP contribution in [0.15, 0.2) is 91.0 Å². The molecule has 43 heavy (non-hydrogen) atoms. The van der Waals surface area contributed by atoms with Crippen LogP contribution in [0.2, 0.25) is 0 Å². The fraction of sp³-hybridized carbons (Fsp3) is 0.0909. The van der Waals surface area contributed by atoms with Gasteiger partial charge in [0.2, 0.25) is 0 Å². The molecule has 0 spiro atoms. The summed E-state index contributed by atoms with van der Waals surface area (Å²) in [6, 6.07) is 25.7. The highest BCUT2D eigenvalue weighted by Crippen LogP contribution is 2.40. The van der Waals surface area contributed by atoms with Crippen LogP contribution in [0.1, 0.15) is 16.7 Å². The number of aromatic nitrogens is 2. The van der Waals surface area contributed by atoms with Crippen molar-refractivity contribution in [3.05, 3.63) is 108 Å². The van der Waals surface area contributed by atoms with E-state index in [9.17, 15) is 13.2 Å². The molecule has 0 fully saturated rings. The third-order valence-electron chi connectivity index (χ3n) is 7.31. The Morgan fingerprint density at radius 2 is 1.19 bits per heavy atom. The Balaban J connectivity index is 1.26. The monoisotopic (exact) mass is 580 g/mol. The highest BCUT2D eigenvalue weighted by molar-refractivity contribution is 6.01. The van der Waals surface area contributed by atoms with Crippen LogP contribution in [0.4, 0.5) is 13.2 Å². The van der Waals surface area contributed by atoms with E-state index in [0.717, 1.165) is 39.2 Å². The van der Waals surface area contributed by atoms with Gasteiger partial charge >= 0.3 is 6.18 Å². The molecule has 0 aliphatic rings. The van der Waals surface area contributed by atoms with Crippen LogP contribution in [-0.4, -0.2) is 35.7 Å². The van der Waals surface area contributed by atoms with Gasteiger partial charge in [0.05, 0.1) is 5.56 Å². The summed E-state index contributed by atoms with van der Waals surface area (Å²) < 4.78 is 48.5. The normalized spacial score (nSPS) is 11.6. The number of rotatable bonds is 6. The SMILES string of the molecule is CNC(=N)c1ccc2cc(-c3ccc(Oc4ccc(-c5cc6ccc(C(=N)NC)cc6[nH]5)c(C(F)(F)F)c4)cc3)[nH]c2c1. The third-order valence-corrected chi connectivity index (χ3v) is 7.31. The second-order valence-corrected chi connectivity index (χ2v) is 10.1. The van der Waals surface area contributed by atoms with E-state index >= 15 is 0 Å². The van der Waals surface area contributed by atoms with Gasteiger partial charge in [0.15, 0.2) is 0 Å². The summed E-state index contributed by atoms with van der Waals surface area (Å²) in [5.41, 5.74) is 4.16. The van der Waals surface area contributed by atoms with Crippen molar-refractivity contribution in [2.45, 2.75) is 6.18 Å². The molecule has 0 unspecified atom stereocenters. The van der Waals surface area contributed by atoms with Crippen LogP contribution in [0.25, 0.3) is 44.3 Å². The number of ether oxygens (including phenoxy) is 1. The highest BCUT2D eigenvalue weighted by atomic mass is 19.4. The van der Waals surface area contributed by atoms with Gasteiger partial charge < -0.3 is 25.3 Å². The van der Waals surface area contributed by atoms with Crippen molar-refractivity contribution in [2.75, 3.05) is 14.1 Å². The van der Waals surface area contributed by atoms with Crippen molar-refractivity contribution < 1.29 is 17.9 Å².